The van der Waals surface area contributed by atoms with Crippen LogP contribution in [0.25, 0.3) is 0 Å². The van der Waals surface area contributed by atoms with Crippen LogP contribution < -0.4 is 0 Å². The number of cyclic esters (lactones) is 2. The van der Waals surface area contributed by atoms with Crippen LogP contribution in [-0.4, -0.2) is 70.6 Å². The van der Waals surface area contributed by atoms with Crippen molar-refractivity contribution < 1.29 is 53.1 Å². The summed E-state index contributed by atoms with van der Waals surface area (Å²) in [6.07, 6.45) is 3.06. The molecule has 0 aromatic heterocycles. The predicted molar refractivity (Wildman–Crippen MR) is 195 cm³/mol. The topological polar surface area (TPSA) is 163 Å². The zero-order chi connectivity index (χ0) is 39.3. The van der Waals surface area contributed by atoms with Gasteiger partial charge >= 0.3 is 29.8 Å². The Hall–Kier alpha value is -3.31. The maximum atomic E-state index is 13.5. The number of esters is 4. The summed E-state index contributed by atoms with van der Waals surface area (Å²) in [5.74, 6) is -5.36. The molecule has 0 amide bonds. The lowest BCUT2D eigenvalue weighted by Gasteiger charge is -2.39. The Bertz CT molecular complexity index is 1730. The van der Waals surface area contributed by atoms with Crippen molar-refractivity contribution in [2.24, 2.45) is 65.1 Å². The molecule has 0 radical (unpaired) electrons. The molecular formula is C43H58O11. The van der Waals surface area contributed by atoms with Gasteiger partial charge in [-0.25, -0.2) is 0 Å². The van der Waals surface area contributed by atoms with Gasteiger partial charge in [-0.3, -0.25) is 24.0 Å². The van der Waals surface area contributed by atoms with Crippen molar-refractivity contribution in [2.75, 3.05) is 7.11 Å². The van der Waals surface area contributed by atoms with E-state index in [0.29, 0.717) is 12.8 Å². The highest BCUT2D eigenvalue weighted by atomic mass is 16.6. The molecule has 7 rings (SSSR count). The maximum absolute atomic E-state index is 13.5. The summed E-state index contributed by atoms with van der Waals surface area (Å²) in [7, 11) is 1.63. The minimum atomic E-state index is -0.894. The lowest BCUT2D eigenvalue weighted by Crippen LogP contribution is -2.36. The fraction of sp³-hybridized carbons (Fsp3) is 0.744. The second kappa shape index (κ2) is 13.7. The maximum Gasteiger partial charge on any atom is 0.321 e. The van der Waals surface area contributed by atoms with Gasteiger partial charge in [-0.2, -0.15) is 0 Å². The number of methoxy groups -OCH3 is 1. The number of hydrogen-bond donors (Lipinski definition) is 2. The Balaban J connectivity index is 1.34. The second-order valence-electron chi connectivity index (χ2n) is 19.3. The van der Waals surface area contributed by atoms with Crippen LogP contribution in [0.1, 0.15) is 107 Å². The number of carbonyl (C=O) groups excluding carboxylic acids is 4. The second-order valence-corrected chi connectivity index (χ2v) is 19.3. The van der Waals surface area contributed by atoms with Crippen LogP contribution in [0.4, 0.5) is 0 Å². The van der Waals surface area contributed by atoms with Crippen LogP contribution >= 0.6 is 0 Å². The van der Waals surface area contributed by atoms with Gasteiger partial charge in [0.15, 0.2) is 0 Å². The van der Waals surface area contributed by atoms with Gasteiger partial charge in [-0.05, 0) is 162 Å². The number of carboxylic acids is 1. The van der Waals surface area contributed by atoms with E-state index in [0.717, 1.165) is 42.4 Å². The number of carboxylic acid groups (broad SMARTS) is 1. The van der Waals surface area contributed by atoms with E-state index in [4.69, 9.17) is 18.9 Å². The van der Waals surface area contributed by atoms with E-state index in [-0.39, 0.29) is 60.2 Å². The molecule has 2 N–H and O–H groups in total. The first-order chi connectivity index (χ1) is 25.2. The van der Waals surface area contributed by atoms with Gasteiger partial charge in [0.25, 0.3) is 0 Å². The Kier molecular flexibility index (Phi) is 9.89. The molecule has 6 bridgehead atoms. The van der Waals surface area contributed by atoms with Gasteiger partial charge in [0.05, 0.1) is 42.8 Å². The lowest BCUT2D eigenvalue weighted by molar-refractivity contribution is -0.159. The molecule has 7 aliphatic rings. The van der Waals surface area contributed by atoms with Crippen molar-refractivity contribution in [1.82, 2.24) is 0 Å². The van der Waals surface area contributed by atoms with E-state index in [1.165, 1.54) is 16.7 Å². The summed E-state index contributed by atoms with van der Waals surface area (Å²) >= 11 is 0. The first-order valence-corrected chi connectivity index (χ1v) is 20.0. The van der Waals surface area contributed by atoms with E-state index < -0.39 is 71.0 Å². The molecule has 1 saturated heterocycles. The normalized spacial score (nSPS) is 36.8. The third-order valence-corrected chi connectivity index (χ3v) is 13.8. The minimum absolute atomic E-state index is 0.0292. The van der Waals surface area contributed by atoms with Gasteiger partial charge in [-0.1, -0.05) is 12.5 Å². The first-order valence-electron chi connectivity index (χ1n) is 20.0. The van der Waals surface area contributed by atoms with E-state index in [2.05, 4.69) is 6.92 Å². The first kappa shape index (κ1) is 38.9. The molecule has 3 saturated carbocycles. The van der Waals surface area contributed by atoms with Gasteiger partial charge < -0.3 is 29.2 Å². The van der Waals surface area contributed by atoms with E-state index >= 15 is 0 Å². The number of rotatable bonds is 11. The van der Waals surface area contributed by atoms with Gasteiger partial charge in [-0.15, -0.1) is 0 Å². The lowest BCUT2D eigenvalue weighted by atomic mass is 9.66. The number of ether oxygens (including phenoxy) is 4. The number of carbonyl (C=O) groups is 5. The molecule has 4 fully saturated rings. The quantitative estimate of drug-likeness (QED) is 0.142. The average Bonchev–Trinajstić information content (AvgIpc) is 3.90. The summed E-state index contributed by atoms with van der Waals surface area (Å²) < 4.78 is 22.6. The standard InChI is InChI=1S/C43H58O11/c1-18-20-10-23(29(44)16-31(45)53-42(3,4)5)25(11-20)33(18)35-21-12-24(30(51-9)17-32(46)54-43(6,7)8)26(13-21)38(35)36-22-14-27(28(15-22)39(47)48)37(36)34-19(2)40(49)52-41(34)50/h19-30,34,44H,10-17H2,1-9H3,(H,47,48). The van der Waals surface area contributed by atoms with Crippen LogP contribution in [0, 0.1) is 65.1 Å². The largest absolute Gasteiger partial charge is 0.481 e. The van der Waals surface area contributed by atoms with E-state index in [9.17, 15) is 34.2 Å². The highest BCUT2D eigenvalue weighted by molar-refractivity contribution is 5.98. The van der Waals surface area contributed by atoms with E-state index in [1.807, 2.05) is 41.5 Å². The molecule has 0 aromatic rings. The number of allylic oxidation sites excluding steroid dienone is 5. The SMILES string of the molecule is COC(CC(=O)OC(C)(C)C)C1CC2CC1C(C1=C(C3C(=O)OC(=O)C3C)C3CC1CC3C(=O)O)=C2C1=C(C)C2CC1C(C(O)CC(=O)OC(C)(C)C)C2. The van der Waals surface area contributed by atoms with Crippen molar-refractivity contribution >= 4 is 29.8 Å². The summed E-state index contributed by atoms with van der Waals surface area (Å²) in [4.78, 5) is 65.1. The van der Waals surface area contributed by atoms with Crippen molar-refractivity contribution in [3.8, 4) is 0 Å². The monoisotopic (exact) mass is 750 g/mol. The third-order valence-electron chi connectivity index (χ3n) is 13.8. The fourth-order valence-electron chi connectivity index (χ4n) is 12.0. The number of fused-ring (bicyclic) bond motifs is 6. The van der Waals surface area contributed by atoms with Gasteiger partial charge in [0.1, 0.15) is 11.2 Å². The van der Waals surface area contributed by atoms with Crippen molar-refractivity contribution in [1.29, 1.82) is 0 Å². The minimum Gasteiger partial charge on any atom is -0.481 e. The fourth-order valence-corrected chi connectivity index (χ4v) is 12.0. The zero-order valence-corrected chi connectivity index (χ0v) is 33.2. The molecule has 11 heteroatoms. The van der Waals surface area contributed by atoms with Crippen molar-refractivity contribution in [3.05, 3.63) is 33.4 Å². The highest BCUT2D eigenvalue weighted by Gasteiger charge is 2.61. The molecule has 0 aromatic carbocycles. The number of aliphatic hydroxyl groups excluding tert-OH is 1. The van der Waals surface area contributed by atoms with Crippen LogP contribution in [0.2, 0.25) is 0 Å². The van der Waals surface area contributed by atoms with Crippen LogP contribution in [0.15, 0.2) is 33.4 Å². The van der Waals surface area contributed by atoms with Crippen LogP contribution in [0.3, 0.4) is 0 Å². The summed E-state index contributed by atoms with van der Waals surface area (Å²) in [5, 5.41) is 21.9. The number of hydrogen-bond acceptors (Lipinski definition) is 10. The Morgan fingerprint density at radius 2 is 1.30 bits per heavy atom. The summed E-state index contributed by atoms with van der Waals surface area (Å²) in [5.41, 5.74) is 5.38. The molecule has 13 unspecified atom stereocenters. The summed E-state index contributed by atoms with van der Waals surface area (Å²) in [6, 6.07) is 0. The Labute approximate surface area is 318 Å². The smallest absolute Gasteiger partial charge is 0.321 e. The molecular weight excluding hydrogens is 692 g/mol. The molecule has 6 aliphatic carbocycles. The van der Waals surface area contributed by atoms with Crippen molar-refractivity contribution in [2.45, 2.75) is 130 Å². The Morgan fingerprint density at radius 1 is 0.741 bits per heavy atom. The molecule has 296 valence electrons. The van der Waals surface area contributed by atoms with Crippen LogP contribution in [0.5, 0.6) is 0 Å². The van der Waals surface area contributed by atoms with Crippen LogP contribution in [-0.2, 0) is 42.9 Å². The predicted octanol–water partition coefficient (Wildman–Crippen LogP) is 6.12. The molecule has 54 heavy (non-hydrogen) atoms. The van der Waals surface area contributed by atoms with E-state index in [1.54, 1.807) is 14.0 Å². The third kappa shape index (κ3) is 6.69. The van der Waals surface area contributed by atoms with Crippen molar-refractivity contribution in [3.63, 3.8) is 0 Å². The molecule has 11 nitrogen and oxygen atoms in total. The molecule has 0 spiro atoms. The molecule has 13 atom stereocenters. The van der Waals surface area contributed by atoms with Gasteiger partial charge in [0.2, 0.25) is 0 Å². The van der Waals surface area contributed by atoms with Gasteiger partial charge in [0, 0.05) is 7.11 Å². The zero-order valence-electron chi connectivity index (χ0n) is 33.2. The molecule has 1 aliphatic heterocycles. The average molecular weight is 751 g/mol. The number of aliphatic carboxylic acids is 1. The summed E-state index contributed by atoms with van der Waals surface area (Å²) in [6.45, 7) is 14.9. The Morgan fingerprint density at radius 3 is 1.85 bits per heavy atom. The molecule has 1 heterocycles. The number of aliphatic hydroxyl groups is 1. The highest BCUT2D eigenvalue weighted by Crippen LogP contribution is 2.68.